The summed E-state index contributed by atoms with van der Waals surface area (Å²) in [6.45, 7) is 3.36. The van der Waals surface area contributed by atoms with Crippen molar-refractivity contribution in [2.24, 2.45) is 5.10 Å². The lowest BCUT2D eigenvalue weighted by molar-refractivity contribution is -0.385. The molecule has 0 aliphatic carbocycles. The maximum Gasteiger partial charge on any atom is 0.313 e. The van der Waals surface area contributed by atoms with Crippen LogP contribution in [0.1, 0.15) is 31.2 Å². The van der Waals surface area contributed by atoms with Gasteiger partial charge in [-0.1, -0.05) is 41.4 Å². The molecule has 0 N–H and O–H groups in total. The van der Waals surface area contributed by atoms with Crippen LogP contribution in [0.3, 0.4) is 0 Å². The second kappa shape index (κ2) is 9.24. The van der Waals surface area contributed by atoms with Gasteiger partial charge in [-0.3, -0.25) is 14.9 Å². The number of nitro groups is 1. The van der Waals surface area contributed by atoms with E-state index in [0.29, 0.717) is 16.7 Å². The quantitative estimate of drug-likeness (QED) is 0.274. The normalized spacial score (nSPS) is 11.2. The van der Waals surface area contributed by atoms with Crippen LogP contribution in [0.5, 0.6) is 5.75 Å². The van der Waals surface area contributed by atoms with E-state index in [1.54, 1.807) is 24.3 Å². The molecule has 3 aromatic rings. The SMILES string of the molecule is CC(C)c1nc2ccc(Br)cc2c(=O)n1N=Cc1cc(Cl)c(OCC#N)c([N+](=O)[O-])c1. The van der Waals surface area contributed by atoms with Gasteiger partial charge in [-0.25, -0.2) is 4.98 Å². The van der Waals surface area contributed by atoms with E-state index < -0.39 is 10.6 Å². The maximum absolute atomic E-state index is 13.0. The first-order valence-corrected chi connectivity index (χ1v) is 10.1. The number of nitriles is 1. The first-order chi connectivity index (χ1) is 14.7. The molecule has 0 fully saturated rings. The Morgan fingerprint density at radius 2 is 2.16 bits per heavy atom. The van der Waals surface area contributed by atoms with Gasteiger partial charge in [0, 0.05) is 22.0 Å². The van der Waals surface area contributed by atoms with Crippen molar-refractivity contribution >= 4 is 50.3 Å². The molecule has 0 saturated heterocycles. The molecule has 158 valence electrons. The average molecular weight is 505 g/mol. The number of nitrogens with zero attached hydrogens (tertiary/aromatic N) is 5. The zero-order valence-electron chi connectivity index (χ0n) is 16.4. The van der Waals surface area contributed by atoms with Gasteiger partial charge in [-0.2, -0.15) is 15.0 Å². The summed E-state index contributed by atoms with van der Waals surface area (Å²) in [7, 11) is 0. The summed E-state index contributed by atoms with van der Waals surface area (Å²) in [6.07, 6.45) is 1.28. The molecule has 31 heavy (non-hydrogen) atoms. The van der Waals surface area contributed by atoms with Crippen LogP contribution in [0.2, 0.25) is 5.02 Å². The summed E-state index contributed by atoms with van der Waals surface area (Å²) in [4.78, 5) is 28.3. The summed E-state index contributed by atoms with van der Waals surface area (Å²) in [5, 5.41) is 24.6. The molecule has 0 radical (unpaired) electrons. The molecule has 1 heterocycles. The summed E-state index contributed by atoms with van der Waals surface area (Å²) in [5.74, 6) is 0.117. The van der Waals surface area contributed by atoms with E-state index in [0.717, 1.165) is 4.47 Å². The molecule has 0 atom stereocenters. The van der Waals surface area contributed by atoms with Gasteiger partial charge in [-0.05, 0) is 24.3 Å². The van der Waals surface area contributed by atoms with Crippen molar-refractivity contribution in [3.8, 4) is 11.8 Å². The van der Waals surface area contributed by atoms with E-state index in [1.807, 2.05) is 13.8 Å². The van der Waals surface area contributed by atoms with E-state index in [2.05, 4.69) is 26.0 Å². The zero-order chi connectivity index (χ0) is 22.7. The number of aromatic nitrogens is 2. The lowest BCUT2D eigenvalue weighted by Crippen LogP contribution is -2.23. The molecule has 0 saturated carbocycles. The Hall–Kier alpha value is -3.29. The topological polar surface area (TPSA) is 123 Å². The first-order valence-electron chi connectivity index (χ1n) is 8.97. The fraction of sp³-hybridized carbons (Fsp3) is 0.200. The Balaban J connectivity index is 2.14. The highest BCUT2D eigenvalue weighted by Gasteiger charge is 2.20. The van der Waals surface area contributed by atoms with Gasteiger partial charge in [0.1, 0.15) is 11.9 Å². The van der Waals surface area contributed by atoms with Crippen molar-refractivity contribution in [2.45, 2.75) is 19.8 Å². The minimum absolute atomic E-state index is 0.0529. The fourth-order valence-corrected chi connectivity index (χ4v) is 3.47. The summed E-state index contributed by atoms with van der Waals surface area (Å²) >= 11 is 9.46. The van der Waals surface area contributed by atoms with Gasteiger partial charge in [0.25, 0.3) is 5.56 Å². The van der Waals surface area contributed by atoms with Crippen molar-refractivity contribution in [2.75, 3.05) is 6.61 Å². The van der Waals surface area contributed by atoms with Crippen LogP contribution in [0.25, 0.3) is 10.9 Å². The molecule has 0 spiro atoms. The molecule has 0 aliphatic heterocycles. The first kappa shape index (κ1) is 22.4. The third kappa shape index (κ3) is 4.73. The predicted molar refractivity (Wildman–Crippen MR) is 120 cm³/mol. The molecular formula is C20H15BrClN5O4. The molecule has 1 aromatic heterocycles. The molecular weight excluding hydrogens is 490 g/mol. The largest absolute Gasteiger partial charge is 0.470 e. The predicted octanol–water partition coefficient (Wildman–Crippen LogP) is 4.63. The van der Waals surface area contributed by atoms with E-state index in [1.165, 1.54) is 23.0 Å². The number of ether oxygens (including phenoxy) is 1. The van der Waals surface area contributed by atoms with Crippen LogP contribution in [-0.4, -0.2) is 27.4 Å². The molecule has 3 rings (SSSR count). The van der Waals surface area contributed by atoms with Crippen molar-refractivity contribution in [1.82, 2.24) is 9.66 Å². The van der Waals surface area contributed by atoms with Crippen molar-refractivity contribution in [1.29, 1.82) is 5.26 Å². The Morgan fingerprint density at radius 3 is 2.81 bits per heavy atom. The van der Waals surface area contributed by atoms with Crippen LogP contribution >= 0.6 is 27.5 Å². The molecule has 0 unspecified atom stereocenters. The Bertz CT molecular complexity index is 1310. The van der Waals surface area contributed by atoms with Gasteiger partial charge < -0.3 is 4.74 Å². The van der Waals surface area contributed by atoms with E-state index in [-0.39, 0.29) is 34.4 Å². The number of nitro benzene ring substituents is 1. The lowest BCUT2D eigenvalue weighted by atomic mass is 10.2. The summed E-state index contributed by atoms with van der Waals surface area (Å²) < 4.78 is 6.97. The lowest BCUT2D eigenvalue weighted by Gasteiger charge is -2.12. The smallest absolute Gasteiger partial charge is 0.313 e. The number of fused-ring (bicyclic) bond motifs is 1. The molecule has 0 bridgehead atoms. The number of hydrogen-bond acceptors (Lipinski definition) is 7. The number of benzene rings is 2. The van der Waals surface area contributed by atoms with Gasteiger partial charge in [-0.15, -0.1) is 0 Å². The molecule has 11 heteroatoms. The third-order valence-electron chi connectivity index (χ3n) is 4.20. The van der Waals surface area contributed by atoms with Gasteiger partial charge in [0.15, 0.2) is 6.61 Å². The monoisotopic (exact) mass is 503 g/mol. The highest BCUT2D eigenvalue weighted by molar-refractivity contribution is 9.10. The average Bonchev–Trinajstić information content (AvgIpc) is 2.72. The van der Waals surface area contributed by atoms with E-state index in [4.69, 9.17) is 21.6 Å². The number of hydrogen-bond donors (Lipinski definition) is 0. The second-order valence-electron chi connectivity index (χ2n) is 6.70. The molecule has 0 amide bonds. The van der Waals surface area contributed by atoms with E-state index in [9.17, 15) is 14.9 Å². The fourth-order valence-electron chi connectivity index (χ4n) is 2.83. The van der Waals surface area contributed by atoms with Crippen LogP contribution in [0.4, 0.5) is 5.69 Å². The van der Waals surface area contributed by atoms with Crippen LogP contribution < -0.4 is 10.3 Å². The minimum atomic E-state index is -0.670. The van der Waals surface area contributed by atoms with E-state index >= 15 is 0 Å². The van der Waals surface area contributed by atoms with Crippen molar-refractivity contribution in [3.63, 3.8) is 0 Å². The Kier molecular flexibility index (Phi) is 6.68. The highest BCUT2D eigenvalue weighted by Crippen LogP contribution is 2.35. The van der Waals surface area contributed by atoms with Crippen molar-refractivity contribution < 1.29 is 9.66 Å². The standard InChI is InChI=1S/C20H15BrClN5O4/c1-11(2)19-25-16-4-3-13(21)9-14(16)20(28)26(19)24-10-12-7-15(22)18(31-6-5-23)17(8-12)27(29)30/h3-4,7-11H,6H2,1-2H3. The molecule has 0 aliphatic rings. The van der Waals surface area contributed by atoms with Crippen LogP contribution in [-0.2, 0) is 0 Å². The summed E-state index contributed by atoms with van der Waals surface area (Å²) in [5.41, 5.74) is 0.0278. The van der Waals surface area contributed by atoms with Gasteiger partial charge in [0.2, 0.25) is 5.75 Å². The van der Waals surface area contributed by atoms with Gasteiger partial charge >= 0.3 is 5.69 Å². The van der Waals surface area contributed by atoms with Crippen LogP contribution in [0, 0.1) is 21.4 Å². The molecule has 2 aromatic carbocycles. The van der Waals surface area contributed by atoms with Crippen molar-refractivity contribution in [3.05, 3.63) is 71.7 Å². The second-order valence-corrected chi connectivity index (χ2v) is 8.03. The third-order valence-corrected chi connectivity index (χ3v) is 4.97. The van der Waals surface area contributed by atoms with Crippen LogP contribution in [0.15, 0.2) is 44.7 Å². The van der Waals surface area contributed by atoms with Gasteiger partial charge in [0.05, 0.1) is 27.1 Å². The Morgan fingerprint density at radius 1 is 1.42 bits per heavy atom. The summed E-state index contributed by atoms with van der Waals surface area (Å²) in [6, 6.07) is 9.53. The number of rotatable bonds is 6. The molecule has 9 nitrogen and oxygen atoms in total. The minimum Gasteiger partial charge on any atom is -0.470 e. The zero-order valence-corrected chi connectivity index (χ0v) is 18.7. The highest BCUT2D eigenvalue weighted by atomic mass is 79.9. The number of halogens is 2. The maximum atomic E-state index is 13.0. The Labute approximate surface area is 189 Å².